The average Bonchev–Trinajstić information content (AvgIpc) is 2.56. The van der Waals surface area contributed by atoms with E-state index in [0.717, 1.165) is 24.1 Å². The van der Waals surface area contributed by atoms with Crippen molar-refractivity contribution in [3.8, 4) is 0 Å². The molecule has 0 heterocycles. The fourth-order valence-electron chi connectivity index (χ4n) is 2.07. The number of rotatable bonds is 5. The number of aryl methyl sites for hydroxylation is 1. The van der Waals surface area contributed by atoms with Gasteiger partial charge in [0.1, 0.15) is 0 Å². The van der Waals surface area contributed by atoms with Gasteiger partial charge in [-0.1, -0.05) is 44.2 Å². The zero-order valence-corrected chi connectivity index (χ0v) is 13.1. The number of esters is 1. The lowest BCUT2D eigenvalue weighted by molar-refractivity contribution is 0.0711. The molecule has 0 amide bonds. The molecule has 0 aliphatic carbocycles. The third kappa shape index (κ3) is 4.55. The van der Waals surface area contributed by atoms with Gasteiger partial charge in [0, 0.05) is 6.42 Å². The standard InChI is InChI=1S/C19H21NO2/c1-3-9-18(20-17-12-6-5-7-13-17)22-19(21)16-11-8-10-15(4-2)14-16/h5-8,10-14H,3-4,9H2,1-2H3. The van der Waals surface area contributed by atoms with Crippen LogP contribution in [-0.2, 0) is 11.2 Å². The summed E-state index contributed by atoms with van der Waals surface area (Å²) in [5, 5.41) is 0. The number of aliphatic imine (C=N–C) groups is 1. The number of para-hydroxylation sites is 1. The Morgan fingerprint density at radius 2 is 1.82 bits per heavy atom. The van der Waals surface area contributed by atoms with E-state index in [-0.39, 0.29) is 5.97 Å². The summed E-state index contributed by atoms with van der Waals surface area (Å²) in [6.45, 7) is 4.09. The van der Waals surface area contributed by atoms with Gasteiger partial charge in [0.15, 0.2) is 5.90 Å². The second-order valence-corrected chi connectivity index (χ2v) is 5.03. The molecule has 2 rings (SSSR count). The highest BCUT2D eigenvalue weighted by Crippen LogP contribution is 2.14. The highest BCUT2D eigenvalue weighted by molar-refractivity contribution is 5.99. The van der Waals surface area contributed by atoms with Crippen LogP contribution in [0.5, 0.6) is 0 Å². The maximum atomic E-state index is 12.3. The van der Waals surface area contributed by atoms with E-state index < -0.39 is 0 Å². The normalized spacial score (nSPS) is 11.3. The summed E-state index contributed by atoms with van der Waals surface area (Å²) >= 11 is 0. The number of carbonyl (C=O) groups is 1. The van der Waals surface area contributed by atoms with Gasteiger partial charge in [-0.25, -0.2) is 9.79 Å². The van der Waals surface area contributed by atoms with E-state index in [1.54, 1.807) is 6.07 Å². The van der Waals surface area contributed by atoms with Crippen molar-refractivity contribution in [2.75, 3.05) is 0 Å². The summed E-state index contributed by atoms with van der Waals surface area (Å²) in [6.07, 6.45) is 2.39. The molecule has 0 fully saturated rings. The first-order chi connectivity index (χ1) is 10.7. The molecule has 3 nitrogen and oxygen atoms in total. The molecule has 3 heteroatoms. The lowest BCUT2D eigenvalue weighted by atomic mass is 10.1. The molecule has 0 aliphatic heterocycles. The van der Waals surface area contributed by atoms with Crippen molar-refractivity contribution >= 4 is 17.6 Å². The minimum atomic E-state index is -0.349. The Hall–Kier alpha value is -2.42. The van der Waals surface area contributed by atoms with E-state index in [1.165, 1.54) is 0 Å². The summed E-state index contributed by atoms with van der Waals surface area (Å²) in [5.74, 6) is 0.110. The van der Waals surface area contributed by atoms with Crippen LogP contribution in [0.4, 0.5) is 5.69 Å². The number of benzene rings is 2. The molecule has 0 saturated heterocycles. The van der Waals surface area contributed by atoms with Crippen LogP contribution in [0, 0.1) is 0 Å². The molecule has 0 radical (unpaired) electrons. The van der Waals surface area contributed by atoms with E-state index in [2.05, 4.69) is 11.9 Å². The van der Waals surface area contributed by atoms with Crippen LogP contribution in [-0.4, -0.2) is 11.9 Å². The SMILES string of the molecule is CCCC(=Nc1ccccc1)OC(=O)c1cccc(CC)c1. The van der Waals surface area contributed by atoms with Gasteiger partial charge in [-0.05, 0) is 42.7 Å². The van der Waals surface area contributed by atoms with Crippen molar-refractivity contribution in [1.82, 2.24) is 0 Å². The zero-order valence-electron chi connectivity index (χ0n) is 13.1. The van der Waals surface area contributed by atoms with Crippen LogP contribution >= 0.6 is 0 Å². The third-order valence-corrected chi connectivity index (χ3v) is 3.26. The average molecular weight is 295 g/mol. The van der Waals surface area contributed by atoms with Crippen LogP contribution in [0.25, 0.3) is 0 Å². The third-order valence-electron chi connectivity index (χ3n) is 3.26. The van der Waals surface area contributed by atoms with Crippen LogP contribution in [0.1, 0.15) is 42.6 Å². The molecule has 0 atom stereocenters. The fraction of sp³-hybridized carbons (Fsp3) is 0.263. The Kier molecular flexibility index (Phi) is 5.90. The molecule has 22 heavy (non-hydrogen) atoms. The second kappa shape index (κ2) is 8.13. The van der Waals surface area contributed by atoms with Crippen molar-refractivity contribution in [1.29, 1.82) is 0 Å². The lowest BCUT2D eigenvalue weighted by Crippen LogP contribution is -2.12. The van der Waals surface area contributed by atoms with Gasteiger partial charge in [-0.15, -0.1) is 0 Å². The van der Waals surface area contributed by atoms with E-state index in [9.17, 15) is 4.79 Å². The number of carbonyl (C=O) groups excluding carboxylic acids is 1. The maximum Gasteiger partial charge on any atom is 0.344 e. The molecule has 0 bridgehead atoms. The Morgan fingerprint density at radius 1 is 1.05 bits per heavy atom. The van der Waals surface area contributed by atoms with E-state index in [1.807, 2.05) is 55.5 Å². The van der Waals surface area contributed by atoms with E-state index in [0.29, 0.717) is 17.9 Å². The molecule has 0 saturated carbocycles. The quantitative estimate of drug-likeness (QED) is 0.445. The first-order valence-electron chi connectivity index (χ1n) is 7.66. The minimum Gasteiger partial charge on any atom is -0.408 e. The van der Waals surface area contributed by atoms with Gasteiger partial charge in [-0.3, -0.25) is 0 Å². The Bertz CT molecular complexity index is 647. The van der Waals surface area contributed by atoms with Crippen molar-refractivity contribution in [3.63, 3.8) is 0 Å². The van der Waals surface area contributed by atoms with Crippen molar-refractivity contribution in [2.45, 2.75) is 33.1 Å². The zero-order chi connectivity index (χ0) is 15.8. The topological polar surface area (TPSA) is 38.7 Å². The molecule has 114 valence electrons. The number of hydrogen-bond donors (Lipinski definition) is 0. The summed E-state index contributed by atoms with van der Waals surface area (Å²) in [7, 11) is 0. The van der Waals surface area contributed by atoms with Gasteiger partial charge in [0.2, 0.25) is 0 Å². The number of ether oxygens (including phenoxy) is 1. The molecule has 0 aliphatic rings. The molecule has 0 N–H and O–H groups in total. The largest absolute Gasteiger partial charge is 0.408 e. The summed E-state index contributed by atoms with van der Waals surface area (Å²) in [6, 6.07) is 17.1. The molecule has 0 unspecified atom stereocenters. The smallest absolute Gasteiger partial charge is 0.344 e. The summed E-state index contributed by atoms with van der Waals surface area (Å²) in [5.41, 5.74) is 2.48. The maximum absolute atomic E-state index is 12.3. The van der Waals surface area contributed by atoms with Gasteiger partial charge in [-0.2, -0.15) is 0 Å². The lowest BCUT2D eigenvalue weighted by Gasteiger charge is -2.08. The van der Waals surface area contributed by atoms with E-state index >= 15 is 0 Å². The second-order valence-electron chi connectivity index (χ2n) is 5.03. The summed E-state index contributed by atoms with van der Waals surface area (Å²) in [4.78, 5) is 16.7. The predicted molar refractivity (Wildman–Crippen MR) is 89.7 cm³/mol. The number of nitrogens with zero attached hydrogens (tertiary/aromatic N) is 1. The molecule has 2 aromatic rings. The Balaban J connectivity index is 2.16. The van der Waals surface area contributed by atoms with Gasteiger partial charge in [0.25, 0.3) is 0 Å². The van der Waals surface area contributed by atoms with Gasteiger partial charge < -0.3 is 4.74 Å². The molecular formula is C19H21NO2. The van der Waals surface area contributed by atoms with Crippen LogP contribution in [0.15, 0.2) is 59.6 Å². The van der Waals surface area contributed by atoms with Crippen LogP contribution in [0.2, 0.25) is 0 Å². The van der Waals surface area contributed by atoms with Crippen LogP contribution in [0.3, 0.4) is 0 Å². The molecule has 2 aromatic carbocycles. The first kappa shape index (κ1) is 16.0. The van der Waals surface area contributed by atoms with Crippen LogP contribution < -0.4 is 0 Å². The van der Waals surface area contributed by atoms with Crippen molar-refractivity contribution in [3.05, 3.63) is 65.7 Å². The van der Waals surface area contributed by atoms with Crippen molar-refractivity contribution in [2.24, 2.45) is 4.99 Å². The molecular weight excluding hydrogens is 274 g/mol. The molecule has 0 spiro atoms. The van der Waals surface area contributed by atoms with E-state index in [4.69, 9.17) is 4.74 Å². The Labute approximate surface area is 131 Å². The fourth-order valence-corrected chi connectivity index (χ4v) is 2.07. The van der Waals surface area contributed by atoms with Gasteiger partial charge >= 0.3 is 5.97 Å². The monoisotopic (exact) mass is 295 g/mol. The first-order valence-corrected chi connectivity index (χ1v) is 7.66. The minimum absolute atomic E-state index is 0.349. The van der Waals surface area contributed by atoms with Crippen molar-refractivity contribution < 1.29 is 9.53 Å². The van der Waals surface area contributed by atoms with Gasteiger partial charge in [0.05, 0.1) is 11.3 Å². The summed E-state index contributed by atoms with van der Waals surface area (Å²) < 4.78 is 5.49. The number of hydrogen-bond acceptors (Lipinski definition) is 3. The predicted octanol–water partition coefficient (Wildman–Crippen LogP) is 4.94. The Morgan fingerprint density at radius 3 is 2.50 bits per heavy atom. The molecule has 0 aromatic heterocycles. The highest BCUT2D eigenvalue weighted by atomic mass is 16.5. The highest BCUT2D eigenvalue weighted by Gasteiger charge is 2.11.